The second-order valence-corrected chi connectivity index (χ2v) is 10.3. The van der Waals surface area contributed by atoms with Crippen LogP contribution in [0.5, 0.6) is 0 Å². The van der Waals surface area contributed by atoms with Crippen LogP contribution in [0.4, 0.5) is 30.2 Å². The summed E-state index contributed by atoms with van der Waals surface area (Å²) in [5.41, 5.74) is 7.16. The van der Waals surface area contributed by atoms with Crippen molar-refractivity contribution in [1.82, 2.24) is 25.2 Å². The van der Waals surface area contributed by atoms with E-state index in [0.717, 1.165) is 40.3 Å². The average Bonchev–Trinajstić information content (AvgIpc) is 3.49. The number of anilines is 2. The van der Waals surface area contributed by atoms with Gasteiger partial charge in [0.1, 0.15) is 5.84 Å². The van der Waals surface area contributed by atoms with E-state index in [1.807, 2.05) is 44.1 Å². The number of aryl methyl sites for hydroxylation is 2. The molecule has 2 N–H and O–H groups in total. The van der Waals surface area contributed by atoms with Crippen LogP contribution in [0, 0.1) is 13.8 Å². The van der Waals surface area contributed by atoms with E-state index in [1.54, 1.807) is 41.1 Å². The van der Waals surface area contributed by atoms with Gasteiger partial charge in [0.15, 0.2) is 0 Å². The first-order valence-electron chi connectivity index (χ1n) is 13.4. The largest absolute Gasteiger partial charge is 0.416 e. The second-order valence-electron chi connectivity index (χ2n) is 10.3. The molecule has 1 saturated heterocycles. The van der Waals surface area contributed by atoms with E-state index < -0.39 is 17.6 Å². The first kappa shape index (κ1) is 29.1. The fourth-order valence-electron chi connectivity index (χ4n) is 4.85. The summed E-state index contributed by atoms with van der Waals surface area (Å²) in [5, 5.41) is 10.6. The van der Waals surface area contributed by atoms with Gasteiger partial charge in [0.25, 0.3) is 5.91 Å². The first-order chi connectivity index (χ1) is 19.9. The third-order valence-corrected chi connectivity index (χ3v) is 7.36. The highest BCUT2D eigenvalue weighted by atomic mass is 19.4. The molecule has 3 heterocycles. The quantitative estimate of drug-likeness (QED) is 0.328. The van der Waals surface area contributed by atoms with Crippen molar-refractivity contribution in [3.05, 3.63) is 76.7 Å². The third kappa shape index (κ3) is 6.11. The predicted octanol–water partition coefficient (Wildman–Crippen LogP) is 4.86. The number of alkyl halides is 3. The number of aliphatic imine (C=N–C) groups is 1. The highest BCUT2D eigenvalue weighted by Gasteiger charge is 2.32. The van der Waals surface area contributed by atoms with E-state index in [-0.39, 0.29) is 16.9 Å². The molecular weight excluding hydrogens is 549 g/mol. The summed E-state index contributed by atoms with van der Waals surface area (Å²) in [5.74, 6) is 0.0350. The van der Waals surface area contributed by atoms with Crippen molar-refractivity contribution >= 4 is 34.5 Å². The van der Waals surface area contributed by atoms with Gasteiger partial charge in [-0.1, -0.05) is 6.07 Å². The van der Waals surface area contributed by atoms with Gasteiger partial charge in [-0.15, -0.1) is 5.12 Å². The Bertz CT molecular complexity index is 1560. The zero-order valence-corrected chi connectivity index (χ0v) is 24.1. The Hall–Kier alpha value is -4.36. The number of nitrogens with one attached hydrogen (secondary N) is 2. The van der Waals surface area contributed by atoms with Gasteiger partial charge in [0.2, 0.25) is 0 Å². The maximum atomic E-state index is 13.8. The minimum absolute atomic E-state index is 0.000306. The zero-order valence-electron chi connectivity index (χ0n) is 24.1. The fourth-order valence-corrected chi connectivity index (χ4v) is 4.85. The van der Waals surface area contributed by atoms with Crippen LogP contribution in [0.1, 0.15) is 39.7 Å². The number of carbonyl (C=O) groups is 1. The lowest BCUT2D eigenvalue weighted by Gasteiger charge is -2.28. The molecule has 3 aromatic rings. The van der Waals surface area contributed by atoms with Crippen molar-refractivity contribution in [2.75, 3.05) is 43.7 Å². The van der Waals surface area contributed by atoms with Gasteiger partial charge in [-0.2, -0.15) is 18.3 Å². The van der Waals surface area contributed by atoms with E-state index in [9.17, 15) is 18.0 Å². The van der Waals surface area contributed by atoms with E-state index >= 15 is 0 Å². The summed E-state index contributed by atoms with van der Waals surface area (Å²) in [7, 11) is 3.71. The van der Waals surface area contributed by atoms with Crippen LogP contribution < -0.4 is 15.8 Å². The molecule has 2 aromatic carbocycles. The minimum Gasteiger partial charge on any atom is -0.378 e. The van der Waals surface area contributed by atoms with Gasteiger partial charge >= 0.3 is 6.18 Å². The molecule has 2 aliphatic rings. The van der Waals surface area contributed by atoms with Crippen LogP contribution in [0.3, 0.4) is 0 Å². The van der Waals surface area contributed by atoms with Crippen LogP contribution in [-0.4, -0.2) is 64.9 Å². The molecule has 0 bridgehead atoms. The number of hydrogen-bond donors (Lipinski definition) is 2. The van der Waals surface area contributed by atoms with Crippen molar-refractivity contribution in [2.45, 2.75) is 26.9 Å². The zero-order chi connectivity index (χ0) is 30.2. The second kappa shape index (κ2) is 11.5. The summed E-state index contributed by atoms with van der Waals surface area (Å²) in [4.78, 5) is 19.7. The molecule has 0 aliphatic carbocycles. The first-order valence-corrected chi connectivity index (χ1v) is 13.4. The van der Waals surface area contributed by atoms with Gasteiger partial charge < -0.3 is 15.0 Å². The van der Waals surface area contributed by atoms with Crippen molar-refractivity contribution < 1.29 is 22.7 Å². The number of hydrogen-bond acceptors (Lipinski definition) is 7. The van der Waals surface area contributed by atoms with E-state index in [2.05, 4.69) is 20.8 Å². The van der Waals surface area contributed by atoms with E-state index in [1.165, 1.54) is 6.07 Å². The number of morpholine rings is 1. The summed E-state index contributed by atoms with van der Waals surface area (Å²) < 4.78 is 48.4. The van der Waals surface area contributed by atoms with Gasteiger partial charge in [-0.05, 0) is 56.7 Å². The maximum absolute atomic E-state index is 13.8. The average molecular weight is 583 g/mol. The van der Waals surface area contributed by atoms with Crippen LogP contribution in [0.2, 0.25) is 0 Å². The maximum Gasteiger partial charge on any atom is 0.416 e. The van der Waals surface area contributed by atoms with Crippen molar-refractivity contribution in [1.29, 1.82) is 0 Å². The number of rotatable bonds is 5. The van der Waals surface area contributed by atoms with Crippen LogP contribution in [0.25, 0.3) is 5.70 Å². The number of hydrazine groups is 2. The smallest absolute Gasteiger partial charge is 0.378 e. The molecule has 0 unspecified atom stereocenters. The number of aromatic nitrogens is 2. The van der Waals surface area contributed by atoms with Crippen molar-refractivity contribution in [3.8, 4) is 0 Å². The molecule has 222 valence electrons. The number of amides is 1. The number of halogens is 3. The topological polar surface area (TPSA) is 90.3 Å². The van der Waals surface area contributed by atoms with Gasteiger partial charge in [-0.25, -0.2) is 4.99 Å². The normalized spacial score (nSPS) is 16.5. The Balaban J connectivity index is 1.42. The SMILES string of the molecule is CC(=Nc1cc(NC(=O)c2ccc(C)c(N3C=C(c4cnn(C)c4C)NN3C)c2)cc(C(F)(F)F)c1)N1CCOCC1. The molecule has 5 rings (SSSR count). The molecule has 13 heteroatoms. The van der Waals surface area contributed by atoms with E-state index in [4.69, 9.17) is 4.74 Å². The standard InChI is InChI=1S/C29H33F3N8O2/c1-18-6-7-21(12-27(18)40-17-26(36-38(40)5)25-16-33-37(4)19(25)2)28(41)35-24-14-22(29(30,31)32)13-23(15-24)34-20(3)39-8-10-42-11-9-39/h6-7,12-17,36H,8-11H2,1-5H3,(H,35,41). The van der Waals surface area contributed by atoms with Crippen LogP contribution in [0.15, 0.2) is 53.8 Å². The molecule has 2 aliphatic heterocycles. The van der Waals surface area contributed by atoms with Crippen molar-refractivity contribution in [3.63, 3.8) is 0 Å². The molecule has 0 radical (unpaired) electrons. The number of amidine groups is 1. The van der Waals surface area contributed by atoms with Crippen LogP contribution in [-0.2, 0) is 18.0 Å². The van der Waals surface area contributed by atoms with E-state index in [0.29, 0.717) is 32.1 Å². The molecule has 10 nitrogen and oxygen atoms in total. The van der Waals surface area contributed by atoms with Gasteiger partial charge in [0, 0.05) is 55.9 Å². The number of benzene rings is 2. The minimum atomic E-state index is -4.61. The summed E-state index contributed by atoms with van der Waals surface area (Å²) in [6.45, 7) is 7.90. The lowest BCUT2D eigenvalue weighted by molar-refractivity contribution is -0.137. The monoisotopic (exact) mass is 582 g/mol. The fraction of sp³-hybridized carbons (Fsp3) is 0.345. The number of ether oxygens (including phenoxy) is 1. The summed E-state index contributed by atoms with van der Waals surface area (Å²) >= 11 is 0. The number of carbonyl (C=O) groups excluding carboxylic acids is 1. The molecule has 0 spiro atoms. The summed E-state index contributed by atoms with van der Waals surface area (Å²) in [6, 6.07) is 8.48. The molecule has 1 fully saturated rings. The predicted molar refractivity (Wildman–Crippen MR) is 155 cm³/mol. The van der Waals surface area contributed by atoms with Gasteiger partial charge in [0.05, 0.1) is 42.0 Å². The Morgan fingerprint density at radius 2 is 1.83 bits per heavy atom. The molecule has 0 atom stereocenters. The highest BCUT2D eigenvalue weighted by Crippen LogP contribution is 2.35. The Labute approximate surface area is 242 Å². The molecule has 1 amide bonds. The lowest BCUT2D eigenvalue weighted by Crippen LogP contribution is -2.39. The Kier molecular flexibility index (Phi) is 7.97. The van der Waals surface area contributed by atoms with Crippen molar-refractivity contribution in [2.24, 2.45) is 12.0 Å². The molecule has 0 saturated carbocycles. The lowest BCUT2D eigenvalue weighted by atomic mass is 10.1. The Morgan fingerprint density at radius 1 is 1.10 bits per heavy atom. The molecular formula is C29H33F3N8O2. The Morgan fingerprint density at radius 3 is 2.50 bits per heavy atom. The van der Waals surface area contributed by atoms with Gasteiger partial charge in [-0.3, -0.25) is 19.9 Å². The molecule has 42 heavy (non-hydrogen) atoms. The molecule has 1 aromatic heterocycles. The number of nitrogens with zero attached hydrogens (tertiary/aromatic N) is 6. The van der Waals surface area contributed by atoms with Crippen LogP contribution >= 0.6 is 0 Å². The third-order valence-electron chi connectivity index (χ3n) is 7.36. The highest BCUT2D eigenvalue weighted by molar-refractivity contribution is 6.05. The summed E-state index contributed by atoms with van der Waals surface area (Å²) in [6.07, 6.45) is -0.932.